The van der Waals surface area contributed by atoms with Gasteiger partial charge in [0, 0.05) is 31.9 Å². The van der Waals surface area contributed by atoms with Gasteiger partial charge >= 0.3 is 0 Å². The largest absolute Gasteiger partial charge is 0.352 e. The second kappa shape index (κ2) is 7.40. The van der Waals surface area contributed by atoms with Crippen LogP contribution >= 0.6 is 0 Å². The van der Waals surface area contributed by atoms with Gasteiger partial charge in [0.25, 0.3) is 5.91 Å². The van der Waals surface area contributed by atoms with Crippen LogP contribution in [0.4, 0.5) is 11.5 Å². The van der Waals surface area contributed by atoms with E-state index in [0.29, 0.717) is 43.2 Å². The van der Waals surface area contributed by atoms with Crippen LogP contribution < -0.4 is 10.2 Å². The van der Waals surface area contributed by atoms with E-state index in [1.165, 1.54) is 0 Å². The summed E-state index contributed by atoms with van der Waals surface area (Å²) in [6.07, 6.45) is 0.847. The van der Waals surface area contributed by atoms with Gasteiger partial charge in [0.15, 0.2) is 11.5 Å². The molecule has 1 saturated heterocycles. The molecular weight excluding hydrogens is 320 g/mol. The first kappa shape index (κ1) is 16.4. The van der Waals surface area contributed by atoms with E-state index >= 15 is 0 Å². The molecule has 2 heterocycles. The van der Waals surface area contributed by atoms with Gasteiger partial charge in [-0.2, -0.15) is 5.26 Å². The minimum Gasteiger partial charge on any atom is -0.352 e. The number of hydrogen-bond donors (Lipinski definition) is 1. The summed E-state index contributed by atoms with van der Waals surface area (Å²) in [5, 5.41) is 19.6. The number of piperazine rings is 1. The molecule has 1 aromatic carbocycles. The molecule has 126 valence electrons. The molecule has 0 unspecified atom stereocenters. The Morgan fingerprint density at radius 1 is 1.08 bits per heavy atom. The molecule has 0 saturated carbocycles. The summed E-state index contributed by atoms with van der Waals surface area (Å²) in [5.74, 6) is 0.315. The van der Waals surface area contributed by atoms with Crippen molar-refractivity contribution in [2.75, 3.05) is 36.4 Å². The lowest BCUT2D eigenvalue weighted by molar-refractivity contribution is -0.118. The fraction of sp³-hybridized carbons (Fsp3) is 0.235. The zero-order chi connectivity index (χ0) is 17.6. The van der Waals surface area contributed by atoms with Gasteiger partial charge in [0.1, 0.15) is 0 Å². The number of benzene rings is 1. The molecule has 8 heteroatoms. The monoisotopic (exact) mass is 336 g/mol. The van der Waals surface area contributed by atoms with Crippen LogP contribution in [0, 0.1) is 11.3 Å². The standard InChI is InChI=1S/C17H16N6O2/c18-11-13-1-3-14(4-2-13)19-17(25)15-5-6-16(21-20-15)23-9-7-22(12-24)8-10-23/h1-6,12H,7-10H2,(H,19,25). The van der Waals surface area contributed by atoms with E-state index in [9.17, 15) is 9.59 Å². The Morgan fingerprint density at radius 2 is 1.80 bits per heavy atom. The smallest absolute Gasteiger partial charge is 0.276 e. The topological polar surface area (TPSA) is 102 Å². The summed E-state index contributed by atoms with van der Waals surface area (Å²) >= 11 is 0. The lowest BCUT2D eigenvalue weighted by Gasteiger charge is -2.32. The first-order chi connectivity index (χ1) is 12.2. The molecule has 3 rings (SSSR count). The number of amides is 2. The second-order valence-corrected chi connectivity index (χ2v) is 5.55. The fourth-order valence-corrected chi connectivity index (χ4v) is 2.49. The van der Waals surface area contributed by atoms with E-state index in [2.05, 4.69) is 15.5 Å². The van der Waals surface area contributed by atoms with E-state index < -0.39 is 0 Å². The van der Waals surface area contributed by atoms with Crippen molar-refractivity contribution in [3.8, 4) is 6.07 Å². The third-order valence-electron chi connectivity index (χ3n) is 3.94. The Balaban J connectivity index is 1.62. The van der Waals surface area contributed by atoms with Gasteiger partial charge in [-0.3, -0.25) is 9.59 Å². The predicted octanol–water partition coefficient (Wildman–Crippen LogP) is 0.879. The molecular formula is C17H16N6O2. The molecule has 1 aliphatic rings. The predicted molar refractivity (Wildman–Crippen MR) is 91.0 cm³/mol. The molecule has 1 aliphatic heterocycles. The molecule has 1 fully saturated rings. The number of nitrogens with one attached hydrogen (secondary N) is 1. The minimum absolute atomic E-state index is 0.208. The highest BCUT2D eigenvalue weighted by Gasteiger charge is 2.17. The number of anilines is 2. The Kier molecular flexibility index (Phi) is 4.85. The fourth-order valence-electron chi connectivity index (χ4n) is 2.49. The Bertz CT molecular complexity index is 789. The van der Waals surface area contributed by atoms with Gasteiger partial charge < -0.3 is 15.1 Å². The van der Waals surface area contributed by atoms with Crippen molar-refractivity contribution in [3.05, 3.63) is 47.7 Å². The number of nitriles is 1. The number of nitrogens with zero attached hydrogens (tertiary/aromatic N) is 5. The van der Waals surface area contributed by atoms with E-state index in [1.807, 2.05) is 11.0 Å². The van der Waals surface area contributed by atoms with Gasteiger partial charge in [-0.15, -0.1) is 10.2 Å². The number of aromatic nitrogens is 2. The lowest BCUT2D eigenvalue weighted by atomic mass is 10.2. The average molecular weight is 336 g/mol. The Hall–Kier alpha value is -3.47. The highest BCUT2D eigenvalue weighted by Crippen LogP contribution is 2.14. The average Bonchev–Trinajstić information content (AvgIpc) is 2.69. The van der Waals surface area contributed by atoms with Gasteiger partial charge in [-0.25, -0.2) is 0 Å². The molecule has 1 N–H and O–H groups in total. The first-order valence-electron chi connectivity index (χ1n) is 7.79. The molecule has 2 amide bonds. The van der Waals surface area contributed by atoms with Gasteiger partial charge in [-0.05, 0) is 36.4 Å². The zero-order valence-electron chi connectivity index (χ0n) is 13.4. The number of carbonyl (C=O) groups excluding carboxylic acids is 2. The minimum atomic E-state index is -0.366. The Morgan fingerprint density at radius 3 is 2.36 bits per heavy atom. The summed E-state index contributed by atoms with van der Waals surface area (Å²) in [5.41, 5.74) is 1.32. The van der Waals surface area contributed by atoms with Crippen LogP contribution in [0.25, 0.3) is 0 Å². The Labute approximate surface area is 144 Å². The summed E-state index contributed by atoms with van der Waals surface area (Å²) < 4.78 is 0. The van der Waals surface area contributed by atoms with Crippen molar-refractivity contribution in [1.29, 1.82) is 5.26 Å². The summed E-state index contributed by atoms with van der Waals surface area (Å²) in [6.45, 7) is 2.66. The van der Waals surface area contributed by atoms with E-state index in [1.54, 1.807) is 41.3 Å². The van der Waals surface area contributed by atoms with Crippen molar-refractivity contribution < 1.29 is 9.59 Å². The SMILES string of the molecule is N#Cc1ccc(NC(=O)c2ccc(N3CCN(C=O)CC3)nn2)cc1. The van der Waals surface area contributed by atoms with Crippen molar-refractivity contribution in [2.45, 2.75) is 0 Å². The lowest BCUT2D eigenvalue weighted by Crippen LogP contribution is -2.46. The highest BCUT2D eigenvalue weighted by molar-refractivity contribution is 6.02. The maximum absolute atomic E-state index is 12.2. The van der Waals surface area contributed by atoms with Crippen molar-refractivity contribution in [1.82, 2.24) is 15.1 Å². The highest BCUT2D eigenvalue weighted by atomic mass is 16.2. The second-order valence-electron chi connectivity index (χ2n) is 5.55. The quantitative estimate of drug-likeness (QED) is 0.832. The van der Waals surface area contributed by atoms with Crippen molar-refractivity contribution in [3.63, 3.8) is 0 Å². The van der Waals surface area contributed by atoms with Gasteiger partial charge in [0.05, 0.1) is 11.6 Å². The molecule has 0 bridgehead atoms. The number of carbonyl (C=O) groups is 2. The van der Waals surface area contributed by atoms with Crippen LogP contribution in [0.3, 0.4) is 0 Å². The van der Waals surface area contributed by atoms with Crippen LogP contribution in [0.5, 0.6) is 0 Å². The van der Waals surface area contributed by atoms with E-state index in [0.717, 1.165) is 6.41 Å². The normalized spacial score (nSPS) is 13.9. The van der Waals surface area contributed by atoms with Gasteiger partial charge in [-0.1, -0.05) is 0 Å². The molecule has 8 nitrogen and oxygen atoms in total. The molecule has 2 aromatic rings. The third-order valence-corrected chi connectivity index (χ3v) is 3.94. The first-order valence-corrected chi connectivity index (χ1v) is 7.79. The molecule has 0 atom stereocenters. The van der Waals surface area contributed by atoms with Crippen LogP contribution in [0.1, 0.15) is 16.1 Å². The van der Waals surface area contributed by atoms with Crippen LogP contribution in [0.2, 0.25) is 0 Å². The van der Waals surface area contributed by atoms with E-state index in [-0.39, 0.29) is 11.6 Å². The maximum atomic E-state index is 12.2. The summed E-state index contributed by atoms with van der Waals surface area (Å²) in [6, 6.07) is 12.0. The third kappa shape index (κ3) is 3.90. The number of hydrogen-bond acceptors (Lipinski definition) is 6. The molecule has 1 aromatic heterocycles. The summed E-state index contributed by atoms with van der Waals surface area (Å²) in [7, 11) is 0. The van der Waals surface area contributed by atoms with Crippen LogP contribution in [-0.4, -0.2) is 53.6 Å². The molecule has 0 spiro atoms. The molecule has 25 heavy (non-hydrogen) atoms. The maximum Gasteiger partial charge on any atom is 0.276 e. The van der Waals surface area contributed by atoms with Crippen molar-refractivity contribution >= 4 is 23.8 Å². The zero-order valence-corrected chi connectivity index (χ0v) is 13.4. The summed E-state index contributed by atoms with van der Waals surface area (Å²) in [4.78, 5) is 26.7. The van der Waals surface area contributed by atoms with Gasteiger partial charge in [0.2, 0.25) is 6.41 Å². The molecule has 0 aliphatic carbocycles. The molecule has 0 radical (unpaired) electrons. The van der Waals surface area contributed by atoms with Crippen LogP contribution in [0.15, 0.2) is 36.4 Å². The van der Waals surface area contributed by atoms with Crippen molar-refractivity contribution in [2.24, 2.45) is 0 Å². The number of rotatable bonds is 4. The van der Waals surface area contributed by atoms with E-state index in [4.69, 9.17) is 5.26 Å². The van der Waals surface area contributed by atoms with Crippen LogP contribution in [-0.2, 0) is 4.79 Å².